The lowest BCUT2D eigenvalue weighted by atomic mass is 9.98. The highest BCUT2D eigenvalue weighted by Gasteiger charge is 2.30. The Kier molecular flexibility index (Phi) is 5.04. The van der Waals surface area contributed by atoms with E-state index >= 15 is 0 Å². The Balaban J connectivity index is 1.46. The molecule has 1 amide bonds. The Hall–Kier alpha value is -1.99. The average Bonchev–Trinajstić information content (AvgIpc) is 3.27. The van der Waals surface area contributed by atoms with Crippen molar-refractivity contribution in [2.75, 3.05) is 6.54 Å². The van der Waals surface area contributed by atoms with Gasteiger partial charge in [0.25, 0.3) is 5.56 Å². The van der Waals surface area contributed by atoms with Crippen molar-refractivity contribution < 1.29 is 4.79 Å². The number of hydrogen-bond donors (Lipinski definition) is 0. The zero-order valence-corrected chi connectivity index (χ0v) is 18.3. The summed E-state index contributed by atoms with van der Waals surface area (Å²) in [5, 5.41) is 2.87. The second kappa shape index (κ2) is 7.69. The standard InChI is InChI=1S/C22H25N3O2S2/c1-2-16-14-9-11-28-17(14)8-10-25(16)19(26)12-24-13-23-21-20(22(24)27)15-6-4-3-5-7-18(15)29-21/h9,11,13,16H,2-8,10,12H2,1H3. The molecule has 3 aromatic heterocycles. The zero-order valence-electron chi connectivity index (χ0n) is 16.6. The summed E-state index contributed by atoms with van der Waals surface area (Å²) in [5.74, 6) is 0.0123. The highest BCUT2D eigenvalue weighted by atomic mass is 32.1. The number of amides is 1. The molecule has 4 heterocycles. The largest absolute Gasteiger partial charge is 0.334 e. The number of rotatable bonds is 3. The lowest BCUT2D eigenvalue weighted by Crippen LogP contribution is -2.42. The van der Waals surface area contributed by atoms with Gasteiger partial charge in [-0.25, -0.2) is 4.98 Å². The molecule has 152 valence electrons. The molecule has 5 nitrogen and oxygen atoms in total. The zero-order chi connectivity index (χ0) is 20.0. The molecule has 1 aliphatic carbocycles. The van der Waals surface area contributed by atoms with Crippen LogP contribution in [0, 0.1) is 0 Å². The smallest absolute Gasteiger partial charge is 0.262 e. The van der Waals surface area contributed by atoms with Crippen LogP contribution in [-0.4, -0.2) is 26.9 Å². The number of hydrogen-bond acceptors (Lipinski definition) is 5. The molecular formula is C22H25N3O2S2. The van der Waals surface area contributed by atoms with Crippen molar-refractivity contribution >= 4 is 38.8 Å². The molecule has 0 aromatic carbocycles. The van der Waals surface area contributed by atoms with Gasteiger partial charge in [0.2, 0.25) is 5.91 Å². The van der Waals surface area contributed by atoms with Crippen LogP contribution >= 0.6 is 22.7 Å². The first-order chi connectivity index (χ1) is 14.2. The van der Waals surface area contributed by atoms with Crippen LogP contribution in [0.5, 0.6) is 0 Å². The normalized spacial score (nSPS) is 19.1. The van der Waals surface area contributed by atoms with Crippen molar-refractivity contribution in [1.82, 2.24) is 14.5 Å². The van der Waals surface area contributed by atoms with Crippen LogP contribution in [-0.2, 0) is 30.6 Å². The lowest BCUT2D eigenvalue weighted by molar-refractivity contribution is -0.134. The summed E-state index contributed by atoms with van der Waals surface area (Å²) >= 11 is 3.44. The summed E-state index contributed by atoms with van der Waals surface area (Å²) in [6.07, 6.45) is 8.89. The molecule has 1 unspecified atom stereocenters. The number of aromatic nitrogens is 2. The minimum atomic E-state index is -0.0518. The number of aryl methyl sites for hydroxylation is 2. The molecule has 2 aliphatic rings. The number of carbonyl (C=O) groups is 1. The predicted octanol–water partition coefficient (Wildman–Crippen LogP) is 4.32. The third-order valence-electron chi connectivity index (χ3n) is 6.30. The van der Waals surface area contributed by atoms with Gasteiger partial charge in [0, 0.05) is 16.3 Å². The Morgan fingerprint density at radius 3 is 2.93 bits per heavy atom. The number of fused-ring (bicyclic) bond motifs is 4. The first-order valence-corrected chi connectivity index (χ1v) is 12.2. The van der Waals surface area contributed by atoms with E-state index in [4.69, 9.17) is 0 Å². The maximum Gasteiger partial charge on any atom is 0.262 e. The summed E-state index contributed by atoms with van der Waals surface area (Å²) in [5.41, 5.74) is 2.42. The monoisotopic (exact) mass is 427 g/mol. The first kappa shape index (κ1) is 19.0. The fraction of sp³-hybridized carbons (Fsp3) is 0.500. The summed E-state index contributed by atoms with van der Waals surface area (Å²) < 4.78 is 1.53. The van der Waals surface area contributed by atoms with Gasteiger partial charge in [0.05, 0.1) is 17.8 Å². The first-order valence-electron chi connectivity index (χ1n) is 10.5. The molecule has 0 bridgehead atoms. The van der Waals surface area contributed by atoms with E-state index in [0.717, 1.165) is 48.9 Å². The van der Waals surface area contributed by atoms with Crippen molar-refractivity contribution in [3.8, 4) is 0 Å². The van der Waals surface area contributed by atoms with E-state index in [9.17, 15) is 9.59 Å². The van der Waals surface area contributed by atoms with Crippen LogP contribution in [0.4, 0.5) is 0 Å². The lowest BCUT2D eigenvalue weighted by Gasteiger charge is -2.35. The quantitative estimate of drug-likeness (QED) is 0.585. The van der Waals surface area contributed by atoms with E-state index in [0.29, 0.717) is 0 Å². The van der Waals surface area contributed by atoms with E-state index in [-0.39, 0.29) is 24.1 Å². The molecule has 0 saturated carbocycles. The second-order valence-electron chi connectivity index (χ2n) is 7.98. The van der Waals surface area contributed by atoms with E-state index in [1.54, 1.807) is 29.0 Å². The van der Waals surface area contributed by atoms with Crippen molar-refractivity contribution in [2.24, 2.45) is 0 Å². The van der Waals surface area contributed by atoms with Gasteiger partial charge in [-0.15, -0.1) is 22.7 Å². The maximum atomic E-state index is 13.3. The third-order valence-corrected chi connectivity index (χ3v) is 8.50. The molecule has 0 saturated heterocycles. The van der Waals surface area contributed by atoms with Crippen molar-refractivity contribution in [3.63, 3.8) is 0 Å². The van der Waals surface area contributed by atoms with Gasteiger partial charge in [0.1, 0.15) is 11.4 Å². The van der Waals surface area contributed by atoms with Gasteiger partial charge in [-0.2, -0.15) is 0 Å². The van der Waals surface area contributed by atoms with Gasteiger partial charge in [-0.3, -0.25) is 14.2 Å². The van der Waals surface area contributed by atoms with Crippen LogP contribution in [0.1, 0.15) is 59.5 Å². The van der Waals surface area contributed by atoms with E-state index in [1.807, 2.05) is 4.90 Å². The average molecular weight is 428 g/mol. The summed E-state index contributed by atoms with van der Waals surface area (Å²) in [7, 11) is 0. The van der Waals surface area contributed by atoms with Crippen LogP contribution in [0.2, 0.25) is 0 Å². The predicted molar refractivity (Wildman–Crippen MR) is 118 cm³/mol. The van der Waals surface area contributed by atoms with Gasteiger partial charge < -0.3 is 4.90 Å². The molecule has 7 heteroatoms. The summed E-state index contributed by atoms with van der Waals surface area (Å²) in [6.45, 7) is 2.92. The van der Waals surface area contributed by atoms with Gasteiger partial charge in [0.15, 0.2) is 0 Å². The topological polar surface area (TPSA) is 55.2 Å². The Morgan fingerprint density at radius 2 is 2.07 bits per heavy atom. The molecule has 0 spiro atoms. The SMILES string of the molecule is CCC1c2ccsc2CCN1C(=O)Cn1cnc2sc3c(c2c1=O)CCCCC3. The molecule has 29 heavy (non-hydrogen) atoms. The maximum absolute atomic E-state index is 13.3. The van der Waals surface area contributed by atoms with Crippen molar-refractivity contribution in [1.29, 1.82) is 0 Å². The number of thiophene rings is 2. The van der Waals surface area contributed by atoms with Crippen molar-refractivity contribution in [2.45, 2.75) is 64.5 Å². The van der Waals surface area contributed by atoms with Crippen LogP contribution in [0.3, 0.4) is 0 Å². The highest BCUT2D eigenvalue weighted by molar-refractivity contribution is 7.18. The molecule has 5 rings (SSSR count). The van der Waals surface area contributed by atoms with Crippen LogP contribution in [0.15, 0.2) is 22.6 Å². The molecule has 1 aliphatic heterocycles. The highest BCUT2D eigenvalue weighted by Crippen LogP contribution is 2.35. The van der Waals surface area contributed by atoms with E-state index in [2.05, 4.69) is 23.4 Å². The van der Waals surface area contributed by atoms with Gasteiger partial charge in [-0.1, -0.05) is 13.3 Å². The van der Waals surface area contributed by atoms with Gasteiger partial charge in [-0.05, 0) is 61.1 Å². The Morgan fingerprint density at radius 1 is 1.21 bits per heavy atom. The Bertz CT molecular complexity index is 1130. The molecule has 0 fully saturated rings. The van der Waals surface area contributed by atoms with Crippen LogP contribution in [0.25, 0.3) is 10.2 Å². The molecule has 0 N–H and O–H groups in total. The van der Waals surface area contributed by atoms with Crippen molar-refractivity contribution in [3.05, 3.63) is 49.0 Å². The second-order valence-corrected chi connectivity index (χ2v) is 10.1. The molecule has 0 radical (unpaired) electrons. The number of nitrogens with zero attached hydrogens (tertiary/aromatic N) is 3. The molecule has 3 aromatic rings. The van der Waals surface area contributed by atoms with Gasteiger partial charge >= 0.3 is 0 Å². The summed E-state index contributed by atoms with van der Waals surface area (Å²) in [6, 6.07) is 2.26. The minimum Gasteiger partial charge on any atom is -0.334 e. The molecular weight excluding hydrogens is 402 g/mol. The minimum absolute atomic E-state index is 0.0123. The summed E-state index contributed by atoms with van der Waals surface area (Å²) in [4.78, 5) is 36.5. The number of carbonyl (C=O) groups excluding carboxylic acids is 1. The Labute approximate surface area is 178 Å². The van der Waals surface area contributed by atoms with E-state index in [1.165, 1.54) is 38.3 Å². The van der Waals surface area contributed by atoms with Crippen LogP contribution < -0.4 is 5.56 Å². The fourth-order valence-corrected chi connectivity index (χ4v) is 6.99. The molecule has 1 atom stereocenters. The fourth-order valence-electron chi connectivity index (χ4n) is 4.84. The third kappa shape index (κ3) is 3.24. The van der Waals surface area contributed by atoms with E-state index < -0.39 is 0 Å².